The van der Waals surface area contributed by atoms with Crippen LogP contribution in [0.2, 0.25) is 0 Å². The van der Waals surface area contributed by atoms with Crippen molar-refractivity contribution < 1.29 is 18.0 Å². The van der Waals surface area contributed by atoms with Crippen LogP contribution in [-0.2, 0) is 10.2 Å². The average Bonchev–Trinajstić information content (AvgIpc) is 3.00. The van der Waals surface area contributed by atoms with Crippen LogP contribution in [0.25, 0.3) is 11.1 Å². The van der Waals surface area contributed by atoms with Crippen molar-refractivity contribution in [2.75, 3.05) is 13.1 Å². The zero-order chi connectivity index (χ0) is 19.2. The standard InChI is InChI=1S/C18H20N4O4S/c19-27(25,26)22-6-5-15(16(22)9-23)12-1-3-13(4-2-12)17(24)21-14-7-18(8-14)10-20-11-18/h1-6,9,14,20H,7-8,10-11H2,(H,21,24)(H2,19,25,26). The van der Waals surface area contributed by atoms with Crippen molar-refractivity contribution in [3.05, 3.63) is 47.8 Å². The lowest BCUT2D eigenvalue weighted by Gasteiger charge is -2.54. The molecule has 2 heterocycles. The van der Waals surface area contributed by atoms with Crippen molar-refractivity contribution in [1.82, 2.24) is 14.6 Å². The molecular formula is C18H20N4O4S. The molecule has 0 atom stereocenters. The maximum absolute atomic E-state index is 12.4. The molecule has 1 spiro atoms. The van der Waals surface area contributed by atoms with Gasteiger partial charge < -0.3 is 10.6 Å². The number of hydrogen-bond acceptors (Lipinski definition) is 5. The summed E-state index contributed by atoms with van der Waals surface area (Å²) in [5.41, 5.74) is 1.92. The minimum Gasteiger partial charge on any atom is -0.349 e. The molecule has 0 radical (unpaired) electrons. The molecule has 142 valence electrons. The zero-order valence-corrected chi connectivity index (χ0v) is 15.3. The number of aromatic nitrogens is 1. The molecule has 0 unspecified atom stereocenters. The highest BCUT2D eigenvalue weighted by Crippen LogP contribution is 2.44. The van der Waals surface area contributed by atoms with Gasteiger partial charge in [0.2, 0.25) is 0 Å². The normalized spacial score (nSPS) is 18.6. The molecule has 1 saturated carbocycles. The van der Waals surface area contributed by atoms with Crippen molar-refractivity contribution in [1.29, 1.82) is 0 Å². The van der Waals surface area contributed by atoms with Crippen LogP contribution in [0.15, 0.2) is 36.5 Å². The van der Waals surface area contributed by atoms with Crippen LogP contribution in [0, 0.1) is 5.41 Å². The summed E-state index contributed by atoms with van der Waals surface area (Å²) in [6, 6.07) is 8.40. The lowest BCUT2D eigenvalue weighted by Crippen LogP contribution is -2.65. The van der Waals surface area contributed by atoms with Gasteiger partial charge in [-0.15, -0.1) is 0 Å². The quantitative estimate of drug-likeness (QED) is 0.644. The first kappa shape index (κ1) is 17.9. The van der Waals surface area contributed by atoms with Gasteiger partial charge in [-0.2, -0.15) is 8.42 Å². The highest BCUT2D eigenvalue weighted by Gasteiger charge is 2.48. The predicted octanol–water partition coefficient (Wildman–Crippen LogP) is 0.501. The van der Waals surface area contributed by atoms with Crippen molar-refractivity contribution in [3.8, 4) is 11.1 Å². The van der Waals surface area contributed by atoms with Crippen LogP contribution in [0.5, 0.6) is 0 Å². The molecule has 1 aliphatic heterocycles. The Morgan fingerprint density at radius 3 is 2.41 bits per heavy atom. The SMILES string of the molecule is NS(=O)(=O)n1ccc(-c2ccc(C(=O)NC3CC4(CNC4)C3)cc2)c1C=O. The summed E-state index contributed by atoms with van der Waals surface area (Å²) in [5.74, 6) is -0.133. The maximum Gasteiger partial charge on any atom is 0.302 e. The minimum atomic E-state index is -4.05. The molecular weight excluding hydrogens is 368 g/mol. The highest BCUT2D eigenvalue weighted by molar-refractivity contribution is 7.87. The summed E-state index contributed by atoms with van der Waals surface area (Å²) < 4.78 is 23.8. The molecule has 2 aliphatic rings. The van der Waals surface area contributed by atoms with E-state index in [1.165, 1.54) is 12.3 Å². The minimum absolute atomic E-state index is 0.0522. The summed E-state index contributed by atoms with van der Waals surface area (Å²) in [5, 5.41) is 11.4. The van der Waals surface area contributed by atoms with Gasteiger partial charge in [-0.3, -0.25) is 9.59 Å². The largest absolute Gasteiger partial charge is 0.349 e. The number of hydrogen-bond donors (Lipinski definition) is 3. The molecule has 1 amide bonds. The van der Waals surface area contributed by atoms with Crippen molar-refractivity contribution in [2.24, 2.45) is 10.6 Å². The van der Waals surface area contributed by atoms with Crippen LogP contribution >= 0.6 is 0 Å². The van der Waals surface area contributed by atoms with Gasteiger partial charge in [0, 0.05) is 36.5 Å². The van der Waals surface area contributed by atoms with Crippen LogP contribution < -0.4 is 15.8 Å². The molecule has 4 rings (SSSR count). The fourth-order valence-electron chi connectivity index (χ4n) is 3.93. The summed E-state index contributed by atoms with van der Waals surface area (Å²) in [7, 11) is -4.05. The summed E-state index contributed by atoms with van der Waals surface area (Å²) in [6.45, 7) is 2.07. The Bertz CT molecular complexity index is 998. The molecule has 1 aromatic carbocycles. The van der Waals surface area contributed by atoms with Gasteiger partial charge in [0.1, 0.15) is 5.69 Å². The Kier molecular flexibility index (Phi) is 4.17. The molecule has 2 fully saturated rings. The van der Waals surface area contributed by atoms with Crippen molar-refractivity contribution >= 4 is 22.4 Å². The number of nitrogens with two attached hydrogens (primary N) is 1. The number of benzene rings is 1. The van der Waals surface area contributed by atoms with Crippen LogP contribution in [-0.4, -0.2) is 43.7 Å². The number of carbonyl (C=O) groups excluding carboxylic acids is 2. The Morgan fingerprint density at radius 2 is 1.89 bits per heavy atom. The van der Waals surface area contributed by atoms with E-state index in [0.29, 0.717) is 28.4 Å². The van der Waals surface area contributed by atoms with Crippen molar-refractivity contribution in [3.63, 3.8) is 0 Å². The van der Waals surface area contributed by atoms with Gasteiger partial charge in [0.25, 0.3) is 5.91 Å². The third kappa shape index (κ3) is 3.18. The second kappa shape index (κ2) is 6.29. The number of carbonyl (C=O) groups is 2. The number of aldehydes is 1. The van der Waals surface area contributed by atoms with E-state index in [-0.39, 0.29) is 17.6 Å². The van der Waals surface area contributed by atoms with E-state index in [4.69, 9.17) is 5.14 Å². The Hall–Kier alpha value is -2.49. The lowest BCUT2D eigenvalue weighted by atomic mass is 9.61. The molecule has 1 aliphatic carbocycles. The summed E-state index contributed by atoms with van der Waals surface area (Å²) in [4.78, 5) is 23.7. The predicted molar refractivity (Wildman–Crippen MR) is 99.6 cm³/mol. The van der Waals surface area contributed by atoms with Gasteiger partial charge in [0.05, 0.1) is 0 Å². The maximum atomic E-state index is 12.4. The Balaban J connectivity index is 1.48. The number of nitrogens with one attached hydrogen (secondary N) is 2. The molecule has 27 heavy (non-hydrogen) atoms. The van der Waals surface area contributed by atoms with E-state index >= 15 is 0 Å². The van der Waals surface area contributed by atoms with Crippen LogP contribution in [0.4, 0.5) is 0 Å². The van der Waals surface area contributed by atoms with E-state index in [0.717, 1.165) is 29.9 Å². The topological polar surface area (TPSA) is 123 Å². The molecule has 9 heteroatoms. The number of rotatable bonds is 5. The summed E-state index contributed by atoms with van der Waals surface area (Å²) in [6.07, 6.45) is 3.69. The Labute approximate surface area is 156 Å². The Morgan fingerprint density at radius 1 is 1.22 bits per heavy atom. The second-order valence-corrected chi connectivity index (χ2v) is 8.76. The van der Waals surface area contributed by atoms with Gasteiger partial charge in [-0.05, 0) is 42.0 Å². The fraction of sp³-hybridized carbons (Fsp3) is 0.333. The van der Waals surface area contributed by atoms with Gasteiger partial charge >= 0.3 is 10.2 Å². The first-order valence-electron chi connectivity index (χ1n) is 8.63. The third-order valence-corrected chi connectivity index (χ3v) is 6.29. The third-order valence-electron chi connectivity index (χ3n) is 5.43. The van der Waals surface area contributed by atoms with E-state index in [9.17, 15) is 18.0 Å². The lowest BCUT2D eigenvalue weighted by molar-refractivity contribution is 0.0232. The molecule has 0 bridgehead atoms. The van der Waals surface area contributed by atoms with Gasteiger partial charge in [-0.25, -0.2) is 9.11 Å². The first-order chi connectivity index (χ1) is 12.8. The second-order valence-electron chi connectivity index (χ2n) is 7.33. The van der Waals surface area contributed by atoms with Gasteiger partial charge in [-0.1, -0.05) is 12.1 Å². The molecule has 4 N–H and O–H groups in total. The van der Waals surface area contributed by atoms with E-state index in [1.54, 1.807) is 24.3 Å². The van der Waals surface area contributed by atoms with E-state index in [1.807, 2.05) is 0 Å². The molecule has 8 nitrogen and oxygen atoms in total. The summed E-state index contributed by atoms with van der Waals surface area (Å²) >= 11 is 0. The van der Waals surface area contributed by atoms with Gasteiger partial charge in [0.15, 0.2) is 6.29 Å². The molecule has 1 saturated heterocycles. The smallest absolute Gasteiger partial charge is 0.302 e. The van der Waals surface area contributed by atoms with E-state index < -0.39 is 10.2 Å². The fourth-order valence-corrected chi connectivity index (χ4v) is 4.58. The van der Waals surface area contributed by atoms with Crippen LogP contribution in [0.1, 0.15) is 33.7 Å². The zero-order valence-electron chi connectivity index (χ0n) is 14.5. The number of amides is 1. The highest BCUT2D eigenvalue weighted by atomic mass is 32.2. The monoisotopic (exact) mass is 388 g/mol. The first-order valence-corrected chi connectivity index (χ1v) is 10.1. The van der Waals surface area contributed by atoms with E-state index in [2.05, 4.69) is 10.6 Å². The van der Waals surface area contributed by atoms with Crippen LogP contribution in [0.3, 0.4) is 0 Å². The molecule has 1 aromatic heterocycles. The number of nitrogens with zero attached hydrogens (tertiary/aromatic N) is 1. The molecule has 2 aromatic rings. The average molecular weight is 388 g/mol. The van der Waals surface area contributed by atoms with Crippen molar-refractivity contribution in [2.45, 2.75) is 18.9 Å².